The number of hydrogen-bond donors (Lipinski definition) is 3. The summed E-state index contributed by atoms with van der Waals surface area (Å²) in [6, 6.07) is 2.89. The molecule has 0 radical (unpaired) electrons. The molecule has 1 aromatic carbocycles. The van der Waals surface area contributed by atoms with E-state index in [2.05, 4.69) is 17.9 Å². The van der Waals surface area contributed by atoms with Gasteiger partial charge in [-0.2, -0.15) is 12.6 Å². The molecule has 270 valence electrons. The van der Waals surface area contributed by atoms with Crippen molar-refractivity contribution >= 4 is 53.6 Å². The highest BCUT2D eigenvalue weighted by atomic mass is 35.5. The summed E-state index contributed by atoms with van der Waals surface area (Å²) < 4.78 is 23.0. The molecule has 3 aliphatic rings. The highest BCUT2D eigenvalue weighted by Gasteiger charge is 2.60. The number of Topliss-reactive ketones (excluding diaryl/α,β-unsaturated/α-hetero) is 1. The van der Waals surface area contributed by atoms with Gasteiger partial charge in [-0.15, -0.1) is 0 Å². The number of halogens is 1. The van der Waals surface area contributed by atoms with Crippen LogP contribution in [0, 0.1) is 5.92 Å². The van der Waals surface area contributed by atoms with Gasteiger partial charge in [-0.3, -0.25) is 19.7 Å². The van der Waals surface area contributed by atoms with Crippen molar-refractivity contribution < 1.29 is 43.2 Å². The molecule has 14 heteroatoms. The lowest BCUT2D eigenvalue weighted by Gasteiger charge is -2.40. The Morgan fingerprint density at radius 1 is 1.29 bits per heavy atom. The summed E-state index contributed by atoms with van der Waals surface area (Å²) in [6.07, 6.45) is 3.09. The lowest BCUT2D eigenvalue weighted by molar-refractivity contribution is -0.138. The molecule has 1 aromatic rings. The number of allylic oxidation sites excluding steroid dienone is 3. The average Bonchev–Trinajstić information content (AvgIpc) is 3.70. The fourth-order valence-corrected chi connectivity index (χ4v) is 7.12. The molecule has 0 saturated carbocycles. The first-order chi connectivity index (χ1) is 23.1. The Labute approximate surface area is 298 Å². The van der Waals surface area contributed by atoms with Gasteiger partial charge >= 0.3 is 6.09 Å². The number of thiol groups is 1. The SMILES string of the molecule is COc1cc2cc(c1Cl)N(C)C(=O)C[C@H](CC(=O)[C@H](C)N(C)C(=O)CCS)[C@]1(C)O[C@H]1C[C@@H]1C[C@@](O)(NC(=O)O1)[C@H](OC)/C=C/C=C(\C)C2. The van der Waals surface area contributed by atoms with Gasteiger partial charge in [-0.1, -0.05) is 35.4 Å². The molecular formula is C35H48ClN3O9S. The molecule has 49 heavy (non-hydrogen) atoms. The quantitative estimate of drug-likeness (QED) is 0.265. The van der Waals surface area contributed by atoms with Crippen molar-refractivity contribution in [2.24, 2.45) is 5.92 Å². The Kier molecular flexibility index (Phi) is 12.5. The summed E-state index contributed by atoms with van der Waals surface area (Å²) in [7, 11) is 6.15. The Morgan fingerprint density at radius 2 is 2.00 bits per heavy atom. The maximum Gasteiger partial charge on any atom is 0.409 e. The molecule has 7 atom stereocenters. The minimum Gasteiger partial charge on any atom is -0.495 e. The molecule has 2 N–H and O–H groups in total. The monoisotopic (exact) mass is 721 g/mol. The topological polar surface area (TPSA) is 147 Å². The van der Waals surface area contributed by atoms with Gasteiger partial charge in [0, 0.05) is 59.2 Å². The molecule has 3 amide bonds. The van der Waals surface area contributed by atoms with Crippen LogP contribution in [0.2, 0.25) is 5.02 Å². The average molecular weight is 722 g/mol. The van der Waals surface area contributed by atoms with Gasteiger partial charge < -0.3 is 33.9 Å². The van der Waals surface area contributed by atoms with Gasteiger partial charge in [0.25, 0.3) is 0 Å². The minimum atomic E-state index is -1.77. The van der Waals surface area contributed by atoms with E-state index in [0.29, 0.717) is 23.6 Å². The lowest BCUT2D eigenvalue weighted by atomic mass is 9.80. The van der Waals surface area contributed by atoms with Crippen LogP contribution in [-0.4, -0.2) is 103 Å². The smallest absolute Gasteiger partial charge is 0.409 e. The highest BCUT2D eigenvalue weighted by Crippen LogP contribution is 2.50. The number of ketones is 1. The molecule has 0 unspecified atom stereocenters. The van der Waals surface area contributed by atoms with E-state index in [1.165, 1.54) is 24.0 Å². The second kappa shape index (κ2) is 15.8. The second-order valence-corrected chi connectivity index (χ2v) is 14.2. The van der Waals surface area contributed by atoms with Crippen LogP contribution >= 0.6 is 24.2 Å². The van der Waals surface area contributed by atoms with Crippen molar-refractivity contribution in [2.45, 2.75) is 95.0 Å². The van der Waals surface area contributed by atoms with Gasteiger partial charge in [-0.25, -0.2) is 4.79 Å². The number of carbonyl (C=O) groups is 4. The van der Waals surface area contributed by atoms with E-state index in [-0.39, 0.29) is 54.7 Å². The molecule has 2 saturated heterocycles. The summed E-state index contributed by atoms with van der Waals surface area (Å²) in [5, 5.41) is 14.4. The van der Waals surface area contributed by atoms with Gasteiger partial charge in [0.2, 0.25) is 11.8 Å². The number of aliphatic hydroxyl groups is 1. The number of amides is 3. The van der Waals surface area contributed by atoms with Crippen LogP contribution in [-0.2, 0) is 35.0 Å². The number of benzene rings is 1. The largest absolute Gasteiger partial charge is 0.495 e. The molecule has 4 rings (SSSR count). The Balaban J connectivity index is 1.74. The number of ether oxygens (including phenoxy) is 4. The number of anilines is 1. The zero-order valence-electron chi connectivity index (χ0n) is 29.2. The first kappa shape index (κ1) is 38.7. The molecule has 3 aliphatic heterocycles. The molecule has 2 fully saturated rings. The lowest BCUT2D eigenvalue weighted by Crippen LogP contribution is -2.62. The van der Waals surface area contributed by atoms with E-state index >= 15 is 0 Å². The maximum absolute atomic E-state index is 14.0. The Hall–Kier alpha value is -3.10. The highest BCUT2D eigenvalue weighted by molar-refractivity contribution is 7.80. The normalized spacial score (nSPS) is 31.3. The van der Waals surface area contributed by atoms with Gasteiger partial charge in [-0.05, 0) is 50.6 Å². The zero-order valence-corrected chi connectivity index (χ0v) is 30.8. The van der Waals surface area contributed by atoms with E-state index in [1.54, 1.807) is 33.2 Å². The number of carbonyl (C=O) groups excluding carboxylic acids is 4. The van der Waals surface area contributed by atoms with Crippen LogP contribution < -0.4 is 15.0 Å². The van der Waals surface area contributed by atoms with Crippen molar-refractivity contribution in [3.8, 4) is 5.75 Å². The molecule has 12 nitrogen and oxygen atoms in total. The molecule has 4 bridgehead atoms. The number of methoxy groups -OCH3 is 2. The number of alkyl carbamates (subject to hydrolysis) is 1. The van der Waals surface area contributed by atoms with Crippen molar-refractivity contribution in [3.63, 3.8) is 0 Å². The molecule has 0 aromatic heterocycles. The predicted molar refractivity (Wildman–Crippen MR) is 188 cm³/mol. The van der Waals surface area contributed by atoms with Crippen LogP contribution in [0.4, 0.5) is 10.5 Å². The molecule has 3 heterocycles. The summed E-state index contributed by atoms with van der Waals surface area (Å²) in [5.74, 6) is -0.607. The summed E-state index contributed by atoms with van der Waals surface area (Å²) in [4.78, 5) is 55.8. The molecule has 0 aliphatic carbocycles. The predicted octanol–water partition coefficient (Wildman–Crippen LogP) is 4.25. The van der Waals surface area contributed by atoms with Crippen molar-refractivity contribution in [1.29, 1.82) is 0 Å². The van der Waals surface area contributed by atoms with Crippen molar-refractivity contribution in [2.75, 3.05) is 39.0 Å². The minimum absolute atomic E-state index is 0.00466. The molecular weight excluding hydrogens is 674 g/mol. The Bertz CT molecular complexity index is 1500. The van der Waals surface area contributed by atoms with Crippen LogP contribution in [0.15, 0.2) is 35.9 Å². The number of fused-ring (bicyclic) bond motifs is 5. The summed E-state index contributed by atoms with van der Waals surface area (Å²) >= 11 is 10.9. The standard InChI is InChI=1S/C35H48ClN3O9S/c1-20-9-8-10-28(46-7)35(44)19-24(47-33(43)37-35)18-29-34(3,48-29)23(16-26(40)21(2)38(4)30(41)11-12-49)17-31(42)39(5)25-14-22(13-20)15-27(45-6)32(25)36/h8-10,14-15,21,23-24,28-29,44,49H,11-13,16-19H2,1-7H3,(H,37,43)/b10-8+,20-9+/t21-,23-,24+,28+,29-,34-,35-/m0/s1. The third kappa shape index (κ3) is 8.80. The summed E-state index contributed by atoms with van der Waals surface area (Å²) in [6.45, 7) is 5.42. The van der Waals surface area contributed by atoms with Gasteiger partial charge in [0.1, 0.15) is 23.0 Å². The number of nitrogens with zero attached hydrogens (tertiary/aromatic N) is 2. The van der Waals surface area contributed by atoms with Crippen LogP contribution in [0.25, 0.3) is 0 Å². The third-order valence-corrected chi connectivity index (χ3v) is 10.5. The van der Waals surface area contributed by atoms with Gasteiger partial charge in [0.15, 0.2) is 11.5 Å². The number of likely N-dealkylation sites (N-methyl/N-ethyl adjacent to an activating group) is 1. The third-order valence-electron chi connectivity index (χ3n) is 9.94. The van der Waals surface area contributed by atoms with Crippen molar-refractivity contribution in [3.05, 3.63) is 46.5 Å². The van der Waals surface area contributed by atoms with E-state index in [4.69, 9.17) is 30.5 Å². The van der Waals surface area contributed by atoms with E-state index in [0.717, 1.165) is 11.1 Å². The fourth-order valence-electron chi connectivity index (χ4n) is 6.61. The zero-order chi connectivity index (χ0) is 36.3. The molecule has 0 spiro atoms. The number of rotatable bonds is 8. The van der Waals surface area contributed by atoms with E-state index in [9.17, 15) is 24.3 Å². The van der Waals surface area contributed by atoms with Crippen LogP contribution in [0.3, 0.4) is 0 Å². The number of epoxide rings is 1. The van der Waals surface area contributed by atoms with Crippen molar-refractivity contribution in [1.82, 2.24) is 10.2 Å². The van der Waals surface area contributed by atoms with E-state index < -0.39 is 47.7 Å². The number of nitrogens with one attached hydrogen (secondary N) is 1. The Morgan fingerprint density at radius 3 is 2.65 bits per heavy atom. The fraction of sp³-hybridized carbons (Fsp3) is 0.600. The first-order valence-electron chi connectivity index (χ1n) is 16.3. The number of hydrogen-bond acceptors (Lipinski definition) is 10. The maximum atomic E-state index is 14.0. The second-order valence-electron chi connectivity index (χ2n) is 13.3. The van der Waals surface area contributed by atoms with E-state index in [1.807, 2.05) is 32.1 Å². The first-order valence-corrected chi connectivity index (χ1v) is 17.4. The van der Waals surface area contributed by atoms with Crippen LogP contribution in [0.5, 0.6) is 5.75 Å². The van der Waals surface area contributed by atoms with Gasteiger partial charge in [0.05, 0.1) is 30.5 Å². The van der Waals surface area contributed by atoms with Crippen LogP contribution in [0.1, 0.15) is 58.4 Å². The summed E-state index contributed by atoms with van der Waals surface area (Å²) in [5.41, 5.74) is -0.491.